The second-order valence-electron chi connectivity index (χ2n) is 8.30. The molecule has 174 valence electrons. The molecule has 1 saturated heterocycles. The first-order valence-corrected chi connectivity index (χ1v) is 11.3. The molecule has 5 heterocycles. The Morgan fingerprint density at radius 3 is 2.50 bits per heavy atom. The molecule has 0 saturated carbocycles. The van der Waals surface area contributed by atoms with Gasteiger partial charge >= 0.3 is 0 Å². The van der Waals surface area contributed by atoms with Crippen LogP contribution in [0, 0.1) is 13.8 Å². The van der Waals surface area contributed by atoms with Crippen LogP contribution >= 0.6 is 0 Å². The highest BCUT2D eigenvalue weighted by Crippen LogP contribution is 2.20. The minimum atomic E-state index is -0.270. The lowest BCUT2D eigenvalue weighted by molar-refractivity contribution is 0.0744. The van der Waals surface area contributed by atoms with Gasteiger partial charge in [-0.3, -0.25) is 9.59 Å². The first-order valence-electron chi connectivity index (χ1n) is 11.3. The number of amides is 1. The predicted molar refractivity (Wildman–Crippen MR) is 127 cm³/mol. The highest BCUT2D eigenvalue weighted by Gasteiger charge is 2.26. The van der Waals surface area contributed by atoms with Crippen molar-refractivity contribution >= 4 is 22.8 Å². The molecule has 1 fully saturated rings. The number of nitrogens with zero attached hydrogens (tertiary/aromatic N) is 7. The second kappa shape index (κ2) is 8.69. The highest BCUT2D eigenvalue weighted by molar-refractivity contribution is 5.97. The smallest absolute Gasteiger partial charge is 0.259 e. The average molecular weight is 460 g/mol. The van der Waals surface area contributed by atoms with Gasteiger partial charge in [0.25, 0.3) is 5.91 Å². The summed E-state index contributed by atoms with van der Waals surface area (Å²) >= 11 is 0. The molecule has 1 amide bonds. The zero-order valence-corrected chi connectivity index (χ0v) is 19.4. The first kappa shape index (κ1) is 21.7. The number of carbonyl (C=O) groups excluding carboxylic acids is 1. The monoisotopic (exact) mass is 459 g/mol. The van der Waals surface area contributed by atoms with Crippen molar-refractivity contribution in [2.45, 2.75) is 27.3 Å². The van der Waals surface area contributed by atoms with E-state index in [-0.39, 0.29) is 16.9 Å². The van der Waals surface area contributed by atoms with Gasteiger partial charge in [0.15, 0.2) is 0 Å². The SMILES string of the molecule is CCn1cc(C(=O)N2CCN(c3ccc(-c4noc(C)n4)cn3)CC2)c(=O)c2ccc(C)nc21. The lowest BCUT2D eigenvalue weighted by Crippen LogP contribution is -2.49. The molecule has 0 radical (unpaired) electrons. The van der Waals surface area contributed by atoms with Crippen LogP contribution in [-0.4, -0.2) is 61.7 Å². The van der Waals surface area contributed by atoms with Gasteiger partial charge in [0.1, 0.15) is 17.0 Å². The molecular weight excluding hydrogens is 434 g/mol. The average Bonchev–Trinajstić information content (AvgIpc) is 3.30. The third-order valence-corrected chi connectivity index (χ3v) is 6.06. The maximum absolute atomic E-state index is 13.3. The van der Waals surface area contributed by atoms with E-state index in [2.05, 4.69) is 25.0 Å². The van der Waals surface area contributed by atoms with Gasteiger partial charge < -0.3 is 18.9 Å². The molecule has 1 aliphatic heterocycles. The maximum atomic E-state index is 13.3. The van der Waals surface area contributed by atoms with Crippen LogP contribution in [-0.2, 0) is 6.54 Å². The van der Waals surface area contributed by atoms with Crippen molar-refractivity contribution < 1.29 is 9.32 Å². The standard InChI is InChI=1S/C24H25N7O3/c1-4-29-14-19(21(32)18-7-5-15(2)26-23(18)29)24(33)31-11-9-30(10-12-31)20-8-6-17(13-25-20)22-27-16(3)34-28-22/h5-8,13-14H,4,9-12H2,1-3H3. The Bertz CT molecular complexity index is 1420. The summed E-state index contributed by atoms with van der Waals surface area (Å²) in [5, 5.41) is 4.38. The molecule has 0 atom stereocenters. The van der Waals surface area contributed by atoms with E-state index in [9.17, 15) is 9.59 Å². The summed E-state index contributed by atoms with van der Waals surface area (Å²) in [5.74, 6) is 1.58. The number of rotatable bonds is 4. The van der Waals surface area contributed by atoms with E-state index >= 15 is 0 Å². The van der Waals surface area contributed by atoms with Gasteiger partial charge in [-0.05, 0) is 38.1 Å². The van der Waals surface area contributed by atoms with Gasteiger partial charge in [-0.15, -0.1) is 0 Å². The third kappa shape index (κ3) is 3.91. The Hall–Kier alpha value is -4.08. The summed E-state index contributed by atoms with van der Waals surface area (Å²) in [7, 11) is 0. The Kier molecular flexibility index (Phi) is 5.56. The topological polar surface area (TPSA) is 110 Å². The van der Waals surface area contributed by atoms with Crippen molar-refractivity contribution in [2.24, 2.45) is 0 Å². The van der Waals surface area contributed by atoms with Gasteiger partial charge in [0.05, 0.1) is 5.39 Å². The summed E-state index contributed by atoms with van der Waals surface area (Å²) in [5.41, 5.74) is 2.14. The molecule has 10 nitrogen and oxygen atoms in total. The minimum Gasteiger partial charge on any atom is -0.353 e. The highest BCUT2D eigenvalue weighted by atomic mass is 16.5. The summed E-state index contributed by atoms with van der Waals surface area (Å²) < 4.78 is 6.89. The molecule has 1 aliphatic rings. The minimum absolute atomic E-state index is 0.186. The predicted octanol–water partition coefficient (Wildman–Crippen LogP) is 2.44. The Balaban J connectivity index is 1.32. The van der Waals surface area contributed by atoms with E-state index in [4.69, 9.17) is 4.52 Å². The van der Waals surface area contributed by atoms with Crippen molar-refractivity contribution in [3.8, 4) is 11.4 Å². The molecular formula is C24H25N7O3. The van der Waals surface area contributed by atoms with Crippen molar-refractivity contribution in [1.29, 1.82) is 0 Å². The largest absolute Gasteiger partial charge is 0.353 e. The number of hydrogen-bond acceptors (Lipinski definition) is 8. The second-order valence-corrected chi connectivity index (χ2v) is 8.30. The maximum Gasteiger partial charge on any atom is 0.259 e. The molecule has 4 aromatic rings. The van der Waals surface area contributed by atoms with Crippen LogP contribution in [0.25, 0.3) is 22.4 Å². The van der Waals surface area contributed by atoms with E-state index in [0.29, 0.717) is 55.5 Å². The zero-order chi connectivity index (χ0) is 23.8. The Morgan fingerprint density at radius 2 is 1.85 bits per heavy atom. The van der Waals surface area contributed by atoms with Gasteiger partial charge in [0, 0.05) is 63.3 Å². The van der Waals surface area contributed by atoms with Crippen LogP contribution in [0.3, 0.4) is 0 Å². The number of aryl methyl sites for hydroxylation is 3. The molecule has 0 aliphatic carbocycles. The third-order valence-electron chi connectivity index (χ3n) is 6.06. The van der Waals surface area contributed by atoms with Crippen LogP contribution in [0.15, 0.2) is 46.0 Å². The molecule has 5 rings (SSSR count). The van der Waals surface area contributed by atoms with Crippen LogP contribution < -0.4 is 10.3 Å². The van der Waals surface area contributed by atoms with Crippen molar-refractivity contribution in [2.75, 3.05) is 31.1 Å². The van der Waals surface area contributed by atoms with Crippen LogP contribution in [0.5, 0.6) is 0 Å². The molecule has 4 aromatic heterocycles. The number of anilines is 1. The molecule has 10 heteroatoms. The summed E-state index contributed by atoms with van der Waals surface area (Å²) in [6.45, 7) is 8.46. The molecule has 0 bridgehead atoms. The molecule has 34 heavy (non-hydrogen) atoms. The fourth-order valence-electron chi connectivity index (χ4n) is 4.18. The number of fused-ring (bicyclic) bond motifs is 1. The van der Waals surface area contributed by atoms with Gasteiger partial charge in [-0.2, -0.15) is 4.98 Å². The van der Waals surface area contributed by atoms with Gasteiger partial charge in [0.2, 0.25) is 17.1 Å². The quantitative estimate of drug-likeness (QED) is 0.458. The number of hydrogen-bond donors (Lipinski definition) is 0. The Morgan fingerprint density at radius 1 is 1.06 bits per heavy atom. The normalized spacial score (nSPS) is 14.1. The van der Waals surface area contributed by atoms with Crippen molar-refractivity contribution in [1.82, 2.24) is 29.6 Å². The fraction of sp³-hybridized carbons (Fsp3) is 0.333. The van der Waals surface area contributed by atoms with E-state index in [1.807, 2.05) is 30.5 Å². The lowest BCUT2D eigenvalue weighted by Gasteiger charge is -2.35. The van der Waals surface area contributed by atoms with Gasteiger partial charge in [-0.25, -0.2) is 9.97 Å². The van der Waals surface area contributed by atoms with Crippen LogP contribution in [0.1, 0.15) is 28.9 Å². The summed E-state index contributed by atoms with van der Waals surface area (Å²) in [4.78, 5) is 43.5. The summed E-state index contributed by atoms with van der Waals surface area (Å²) in [6.07, 6.45) is 3.36. The number of pyridine rings is 3. The van der Waals surface area contributed by atoms with E-state index in [1.54, 1.807) is 36.4 Å². The zero-order valence-electron chi connectivity index (χ0n) is 19.4. The van der Waals surface area contributed by atoms with Crippen molar-refractivity contribution in [3.05, 3.63) is 64.0 Å². The van der Waals surface area contributed by atoms with E-state index in [0.717, 1.165) is 17.1 Å². The number of piperazine rings is 1. The fourth-order valence-corrected chi connectivity index (χ4v) is 4.18. The van der Waals surface area contributed by atoms with Crippen LogP contribution in [0.2, 0.25) is 0 Å². The molecule has 0 unspecified atom stereocenters. The Labute approximate surface area is 195 Å². The van der Waals surface area contributed by atoms with Crippen molar-refractivity contribution in [3.63, 3.8) is 0 Å². The lowest BCUT2D eigenvalue weighted by atomic mass is 10.1. The van der Waals surface area contributed by atoms with Crippen LogP contribution in [0.4, 0.5) is 5.82 Å². The number of carbonyl (C=O) groups is 1. The molecule has 0 N–H and O–H groups in total. The summed E-state index contributed by atoms with van der Waals surface area (Å²) in [6, 6.07) is 7.37. The number of aromatic nitrogens is 5. The van der Waals surface area contributed by atoms with E-state index < -0.39 is 0 Å². The first-order chi connectivity index (χ1) is 16.4. The van der Waals surface area contributed by atoms with Gasteiger partial charge in [-0.1, -0.05) is 5.16 Å². The molecule has 0 spiro atoms. The van der Waals surface area contributed by atoms with E-state index in [1.165, 1.54) is 0 Å². The molecule has 0 aromatic carbocycles.